The summed E-state index contributed by atoms with van der Waals surface area (Å²) in [6.07, 6.45) is 3.33. The standard InChI is InChI=1S/C9H6Br2N2OS/c1-13-3-6(12-4-13)8(14)7-2-5(10)9(11)15-7/h2-4H,1H3. The number of carbonyl (C=O) groups is 1. The molecule has 78 valence electrons. The van der Waals surface area contributed by atoms with Crippen molar-refractivity contribution < 1.29 is 4.79 Å². The monoisotopic (exact) mass is 348 g/mol. The molecule has 0 aliphatic heterocycles. The molecule has 0 fully saturated rings. The number of hydrogen-bond acceptors (Lipinski definition) is 3. The van der Waals surface area contributed by atoms with Gasteiger partial charge in [0.25, 0.3) is 0 Å². The van der Waals surface area contributed by atoms with Gasteiger partial charge in [-0.15, -0.1) is 11.3 Å². The summed E-state index contributed by atoms with van der Waals surface area (Å²) in [7, 11) is 1.84. The largest absolute Gasteiger partial charge is 0.340 e. The van der Waals surface area contributed by atoms with E-state index in [-0.39, 0.29) is 5.78 Å². The van der Waals surface area contributed by atoms with Crippen LogP contribution in [0.3, 0.4) is 0 Å². The van der Waals surface area contributed by atoms with Gasteiger partial charge in [-0.3, -0.25) is 4.79 Å². The molecule has 15 heavy (non-hydrogen) atoms. The van der Waals surface area contributed by atoms with Crippen LogP contribution in [-0.4, -0.2) is 15.3 Å². The molecule has 3 nitrogen and oxygen atoms in total. The third-order valence-electron chi connectivity index (χ3n) is 1.81. The second kappa shape index (κ2) is 4.19. The summed E-state index contributed by atoms with van der Waals surface area (Å²) in [5.41, 5.74) is 0.471. The van der Waals surface area contributed by atoms with Crippen molar-refractivity contribution in [1.82, 2.24) is 9.55 Å². The Balaban J connectivity index is 2.36. The zero-order valence-electron chi connectivity index (χ0n) is 7.70. The number of carbonyl (C=O) groups excluding carboxylic acids is 1. The van der Waals surface area contributed by atoms with Gasteiger partial charge in [0.2, 0.25) is 5.78 Å². The van der Waals surface area contributed by atoms with Crippen LogP contribution in [0.1, 0.15) is 15.4 Å². The van der Waals surface area contributed by atoms with Gasteiger partial charge in [-0.05, 0) is 37.9 Å². The fourth-order valence-corrected chi connectivity index (χ4v) is 3.10. The summed E-state index contributed by atoms with van der Waals surface area (Å²) in [4.78, 5) is 16.6. The molecule has 0 N–H and O–H groups in total. The van der Waals surface area contributed by atoms with Crippen molar-refractivity contribution in [3.63, 3.8) is 0 Å². The molecule has 2 heterocycles. The van der Waals surface area contributed by atoms with E-state index in [0.29, 0.717) is 10.6 Å². The lowest BCUT2D eigenvalue weighted by molar-refractivity contribution is 0.103. The molecule has 0 aliphatic rings. The van der Waals surface area contributed by atoms with Crippen molar-refractivity contribution in [1.29, 1.82) is 0 Å². The second-order valence-corrected chi connectivity index (χ2v) is 6.21. The number of ketones is 1. The summed E-state index contributed by atoms with van der Waals surface area (Å²) in [5, 5.41) is 0. The Morgan fingerprint density at radius 2 is 2.27 bits per heavy atom. The van der Waals surface area contributed by atoms with Crippen molar-refractivity contribution in [2.24, 2.45) is 7.05 Å². The maximum Gasteiger partial charge on any atom is 0.222 e. The van der Waals surface area contributed by atoms with Crippen LogP contribution in [0.4, 0.5) is 0 Å². The van der Waals surface area contributed by atoms with Gasteiger partial charge in [-0.2, -0.15) is 0 Å². The first-order valence-electron chi connectivity index (χ1n) is 4.05. The lowest BCUT2D eigenvalue weighted by atomic mass is 10.2. The van der Waals surface area contributed by atoms with E-state index >= 15 is 0 Å². The molecule has 0 unspecified atom stereocenters. The molecule has 0 amide bonds. The highest BCUT2D eigenvalue weighted by Crippen LogP contribution is 2.33. The van der Waals surface area contributed by atoms with Gasteiger partial charge in [-0.25, -0.2) is 4.98 Å². The van der Waals surface area contributed by atoms with Gasteiger partial charge in [0.15, 0.2) is 0 Å². The average molecular weight is 350 g/mol. The first-order chi connectivity index (χ1) is 7.08. The summed E-state index contributed by atoms with van der Waals surface area (Å²) in [6, 6.07) is 1.80. The fraction of sp³-hybridized carbons (Fsp3) is 0.111. The second-order valence-electron chi connectivity index (χ2n) is 2.99. The Bertz CT molecular complexity index is 498. The average Bonchev–Trinajstić information content (AvgIpc) is 2.74. The number of imidazole rings is 1. The molecule has 0 atom stereocenters. The number of hydrogen-bond donors (Lipinski definition) is 0. The molecule has 2 aromatic heterocycles. The molecule has 6 heteroatoms. The molecule has 0 saturated carbocycles. The van der Waals surface area contributed by atoms with Gasteiger partial charge < -0.3 is 4.57 Å². The van der Waals surface area contributed by atoms with Crippen molar-refractivity contribution in [3.8, 4) is 0 Å². The van der Waals surface area contributed by atoms with Crippen molar-refractivity contribution in [3.05, 3.63) is 37.4 Å². The molecule has 0 spiro atoms. The van der Waals surface area contributed by atoms with Gasteiger partial charge in [0.05, 0.1) is 15.0 Å². The minimum atomic E-state index is -0.0491. The summed E-state index contributed by atoms with van der Waals surface area (Å²) in [6.45, 7) is 0. The van der Waals surface area contributed by atoms with Crippen molar-refractivity contribution in [2.45, 2.75) is 0 Å². The quantitative estimate of drug-likeness (QED) is 0.780. The van der Waals surface area contributed by atoms with Crippen LogP contribution in [0.15, 0.2) is 26.8 Å². The predicted octanol–water partition coefficient (Wildman–Crippen LogP) is 3.24. The Morgan fingerprint density at radius 3 is 2.73 bits per heavy atom. The first-order valence-corrected chi connectivity index (χ1v) is 6.45. The van der Waals surface area contributed by atoms with E-state index in [2.05, 4.69) is 36.8 Å². The molecule has 0 radical (unpaired) electrons. The number of halogens is 2. The van der Waals surface area contributed by atoms with E-state index < -0.39 is 0 Å². The Morgan fingerprint density at radius 1 is 1.53 bits per heavy atom. The zero-order chi connectivity index (χ0) is 11.0. The van der Waals surface area contributed by atoms with Gasteiger partial charge >= 0.3 is 0 Å². The van der Waals surface area contributed by atoms with Crippen LogP contribution in [-0.2, 0) is 7.05 Å². The molecular weight excluding hydrogens is 344 g/mol. The molecule has 2 aromatic rings. The Kier molecular flexibility index (Phi) is 3.08. The van der Waals surface area contributed by atoms with Gasteiger partial charge in [0.1, 0.15) is 5.69 Å². The van der Waals surface area contributed by atoms with E-state index in [1.165, 1.54) is 11.3 Å². The Hall–Kier alpha value is -0.460. The van der Waals surface area contributed by atoms with E-state index in [1.54, 1.807) is 23.2 Å². The maximum absolute atomic E-state index is 11.9. The number of rotatable bonds is 2. The highest BCUT2D eigenvalue weighted by molar-refractivity contribution is 9.13. The van der Waals surface area contributed by atoms with E-state index in [1.807, 2.05) is 7.05 Å². The number of aromatic nitrogens is 2. The lowest BCUT2D eigenvalue weighted by Gasteiger charge is -1.90. The maximum atomic E-state index is 11.9. The van der Waals surface area contributed by atoms with Gasteiger partial charge in [0, 0.05) is 17.7 Å². The lowest BCUT2D eigenvalue weighted by Crippen LogP contribution is -1.98. The van der Waals surface area contributed by atoms with Crippen LogP contribution in [0, 0.1) is 0 Å². The smallest absolute Gasteiger partial charge is 0.222 e. The minimum Gasteiger partial charge on any atom is -0.340 e. The van der Waals surface area contributed by atoms with Crippen molar-refractivity contribution in [2.75, 3.05) is 0 Å². The normalized spacial score (nSPS) is 10.6. The molecule has 0 saturated heterocycles. The zero-order valence-corrected chi connectivity index (χ0v) is 11.7. The minimum absolute atomic E-state index is 0.0491. The highest BCUT2D eigenvalue weighted by Gasteiger charge is 2.15. The van der Waals surface area contributed by atoms with E-state index in [9.17, 15) is 4.79 Å². The van der Waals surface area contributed by atoms with E-state index in [4.69, 9.17) is 0 Å². The van der Waals surface area contributed by atoms with Crippen LogP contribution < -0.4 is 0 Å². The SMILES string of the molecule is Cn1cnc(C(=O)c2cc(Br)c(Br)s2)c1. The summed E-state index contributed by atoms with van der Waals surface area (Å²) < 4.78 is 3.57. The third-order valence-corrected chi connectivity index (χ3v) is 5.06. The van der Waals surface area contributed by atoms with Crippen LogP contribution >= 0.6 is 43.2 Å². The third kappa shape index (κ3) is 2.21. The molecule has 0 aliphatic carbocycles. The Labute approximate surface area is 107 Å². The number of thiophene rings is 1. The summed E-state index contributed by atoms with van der Waals surface area (Å²) in [5.74, 6) is -0.0491. The van der Waals surface area contributed by atoms with Crippen molar-refractivity contribution >= 4 is 49.0 Å². The molecule has 0 aromatic carbocycles. The number of nitrogens with zero attached hydrogens (tertiary/aromatic N) is 2. The van der Waals surface area contributed by atoms with Crippen LogP contribution in [0.5, 0.6) is 0 Å². The predicted molar refractivity (Wildman–Crippen MR) is 66.4 cm³/mol. The fourth-order valence-electron chi connectivity index (χ4n) is 1.11. The molecule has 2 rings (SSSR count). The number of aryl methyl sites for hydroxylation is 1. The van der Waals surface area contributed by atoms with Gasteiger partial charge in [-0.1, -0.05) is 0 Å². The van der Waals surface area contributed by atoms with E-state index in [0.717, 1.165) is 8.26 Å². The van der Waals surface area contributed by atoms with Crippen LogP contribution in [0.25, 0.3) is 0 Å². The molecular formula is C9H6Br2N2OS. The van der Waals surface area contributed by atoms with Crippen LogP contribution in [0.2, 0.25) is 0 Å². The first kappa shape index (κ1) is 11.0. The summed E-state index contributed by atoms with van der Waals surface area (Å²) >= 11 is 8.10. The highest BCUT2D eigenvalue weighted by atomic mass is 79.9. The molecule has 0 bridgehead atoms. The topological polar surface area (TPSA) is 34.9 Å².